The van der Waals surface area contributed by atoms with Gasteiger partial charge in [0.25, 0.3) is 0 Å². The first-order valence-electron chi connectivity index (χ1n) is 4.39. The Labute approximate surface area is 76.6 Å². The summed E-state index contributed by atoms with van der Waals surface area (Å²) in [6.07, 6.45) is 0.969. The molecule has 2 aliphatic heterocycles. The quantitative estimate of drug-likeness (QED) is 0.572. The van der Waals surface area contributed by atoms with E-state index in [0.717, 1.165) is 25.9 Å². The number of piperidine rings is 1. The summed E-state index contributed by atoms with van der Waals surface area (Å²) >= 11 is 0. The Morgan fingerprint density at radius 1 is 1.54 bits per heavy atom. The minimum atomic E-state index is -0.580. The minimum absolute atomic E-state index is 0.352. The zero-order valence-electron chi connectivity index (χ0n) is 7.62. The van der Waals surface area contributed by atoms with E-state index < -0.39 is 11.7 Å². The van der Waals surface area contributed by atoms with Crippen LogP contribution in [-0.4, -0.2) is 42.6 Å². The predicted octanol–water partition coefficient (Wildman–Crippen LogP) is -0.0418. The lowest BCUT2D eigenvalue weighted by molar-refractivity contribution is 0.0334. The number of hydrogen-bond acceptors (Lipinski definition) is 4. The van der Waals surface area contributed by atoms with E-state index in [0.29, 0.717) is 5.84 Å². The van der Waals surface area contributed by atoms with Crippen molar-refractivity contribution < 1.29 is 9.53 Å². The number of nitrogens with two attached hydrogens (primary N) is 1. The van der Waals surface area contributed by atoms with Crippen LogP contribution >= 0.6 is 0 Å². The molecular formula is C8H13N3O2. The second kappa shape index (κ2) is 2.70. The second-order valence-corrected chi connectivity index (χ2v) is 3.66. The molecule has 1 fully saturated rings. The fraction of sp³-hybridized carbons (Fsp3) is 0.750. The Morgan fingerprint density at radius 3 is 2.62 bits per heavy atom. The normalized spacial score (nSPS) is 27.5. The molecule has 0 unspecified atom stereocenters. The molecule has 1 saturated heterocycles. The summed E-state index contributed by atoms with van der Waals surface area (Å²) in [7, 11) is 2.04. The molecule has 1 spiro atoms. The van der Waals surface area contributed by atoms with E-state index in [9.17, 15) is 4.79 Å². The summed E-state index contributed by atoms with van der Waals surface area (Å²) in [5, 5.41) is 0. The summed E-state index contributed by atoms with van der Waals surface area (Å²) < 4.78 is 5.16. The van der Waals surface area contributed by atoms with Gasteiger partial charge in [-0.25, -0.2) is 4.79 Å². The van der Waals surface area contributed by atoms with Crippen LogP contribution in [0.15, 0.2) is 4.99 Å². The Hall–Kier alpha value is -1.10. The highest BCUT2D eigenvalue weighted by Gasteiger charge is 2.45. The molecule has 0 aromatic rings. The Balaban J connectivity index is 2.15. The number of amides is 1. The van der Waals surface area contributed by atoms with Crippen LogP contribution in [0.1, 0.15) is 12.8 Å². The second-order valence-electron chi connectivity index (χ2n) is 3.66. The number of aliphatic imine (C=N–C) groups is 1. The third-order valence-electron chi connectivity index (χ3n) is 2.76. The third kappa shape index (κ3) is 1.29. The molecule has 0 saturated carbocycles. The van der Waals surface area contributed by atoms with Crippen LogP contribution in [0.4, 0.5) is 4.79 Å². The van der Waals surface area contributed by atoms with Crippen molar-refractivity contribution in [2.24, 2.45) is 10.7 Å². The fourth-order valence-electron chi connectivity index (χ4n) is 1.78. The van der Waals surface area contributed by atoms with E-state index in [4.69, 9.17) is 10.5 Å². The van der Waals surface area contributed by atoms with E-state index >= 15 is 0 Å². The van der Waals surface area contributed by atoms with E-state index in [2.05, 4.69) is 9.89 Å². The van der Waals surface area contributed by atoms with Crippen molar-refractivity contribution in [2.45, 2.75) is 18.4 Å². The molecule has 13 heavy (non-hydrogen) atoms. The molecule has 2 aliphatic rings. The number of likely N-dealkylation sites (tertiary alicyclic amines) is 1. The molecule has 2 N–H and O–H groups in total. The van der Waals surface area contributed by atoms with Crippen LogP contribution in [0, 0.1) is 0 Å². The van der Waals surface area contributed by atoms with Crippen molar-refractivity contribution in [3.63, 3.8) is 0 Å². The van der Waals surface area contributed by atoms with Gasteiger partial charge in [0.1, 0.15) is 0 Å². The SMILES string of the molecule is CN1CCC2(CC1)OC(=O)N=C2N. The first kappa shape index (κ1) is 8.50. The number of nitrogens with zero attached hydrogens (tertiary/aromatic N) is 2. The van der Waals surface area contributed by atoms with Crippen LogP contribution in [0.5, 0.6) is 0 Å². The lowest BCUT2D eigenvalue weighted by Crippen LogP contribution is -2.50. The van der Waals surface area contributed by atoms with Gasteiger partial charge in [-0.2, -0.15) is 4.99 Å². The molecule has 0 atom stereocenters. The maximum absolute atomic E-state index is 10.9. The number of hydrogen-bond donors (Lipinski definition) is 1. The molecular weight excluding hydrogens is 170 g/mol. The van der Waals surface area contributed by atoms with Gasteiger partial charge in [-0.05, 0) is 7.05 Å². The minimum Gasteiger partial charge on any atom is -0.433 e. The van der Waals surface area contributed by atoms with Crippen molar-refractivity contribution in [2.75, 3.05) is 20.1 Å². The molecule has 0 aromatic heterocycles. The average molecular weight is 183 g/mol. The Bertz CT molecular complexity index is 267. The highest BCUT2D eigenvalue weighted by atomic mass is 16.6. The topological polar surface area (TPSA) is 67.9 Å². The number of carbonyl (C=O) groups is 1. The van der Waals surface area contributed by atoms with Gasteiger partial charge in [-0.1, -0.05) is 0 Å². The molecule has 0 bridgehead atoms. The van der Waals surface area contributed by atoms with Crippen LogP contribution in [-0.2, 0) is 4.74 Å². The van der Waals surface area contributed by atoms with Gasteiger partial charge >= 0.3 is 6.09 Å². The third-order valence-corrected chi connectivity index (χ3v) is 2.76. The zero-order chi connectivity index (χ0) is 9.47. The molecule has 5 nitrogen and oxygen atoms in total. The number of carbonyl (C=O) groups excluding carboxylic acids is 1. The maximum Gasteiger partial charge on any atom is 0.436 e. The van der Waals surface area contributed by atoms with Crippen molar-refractivity contribution in [3.05, 3.63) is 0 Å². The van der Waals surface area contributed by atoms with E-state index in [1.807, 2.05) is 7.05 Å². The van der Waals surface area contributed by atoms with Crippen molar-refractivity contribution in [3.8, 4) is 0 Å². The summed E-state index contributed by atoms with van der Waals surface area (Å²) in [6.45, 7) is 1.78. The molecule has 0 aromatic carbocycles. The van der Waals surface area contributed by atoms with Crippen LogP contribution in [0.25, 0.3) is 0 Å². The number of amidine groups is 1. The first-order chi connectivity index (χ1) is 6.12. The lowest BCUT2D eigenvalue weighted by Gasteiger charge is -2.35. The monoisotopic (exact) mass is 183 g/mol. The first-order valence-corrected chi connectivity index (χ1v) is 4.39. The average Bonchev–Trinajstić information content (AvgIpc) is 2.34. The van der Waals surface area contributed by atoms with E-state index in [1.165, 1.54) is 0 Å². The van der Waals surface area contributed by atoms with Gasteiger partial charge < -0.3 is 15.4 Å². The summed E-state index contributed by atoms with van der Waals surface area (Å²) in [4.78, 5) is 16.7. The van der Waals surface area contributed by atoms with Gasteiger partial charge in [0, 0.05) is 25.9 Å². The number of ether oxygens (including phenoxy) is 1. The van der Waals surface area contributed by atoms with Crippen LogP contribution < -0.4 is 5.73 Å². The summed E-state index contributed by atoms with van der Waals surface area (Å²) in [6, 6.07) is 0. The lowest BCUT2D eigenvalue weighted by atomic mass is 9.91. The van der Waals surface area contributed by atoms with Gasteiger partial charge in [0.05, 0.1) is 0 Å². The fourth-order valence-corrected chi connectivity index (χ4v) is 1.78. The molecule has 5 heteroatoms. The molecule has 0 radical (unpaired) electrons. The smallest absolute Gasteiger partial charge is 0.433 e. The highest BCUT2D eigenvalue weighted by molar-refractivity contribution is 6.02. The molecule has 72 valence electrons. The zero-order valence-corrected chi connectivity index (χ0v) is 7.62. The van der Waals surface area contributed by atoms with E-state index in [1.54, 1.807) is 0 Å². The molecule has 1 amide bonds. The summed E-state index contributed by atoms with van der Waals surface area (Å²) in [5.41, 5.74) is 5.09. The maximum atomic E-state index is 10.9. The van der Waals surface area contributed by atoms with Gasteiger partial charge in [0.15, 0.2) is 11.4 Å². The largest absolute Gasteiger partial charge is 0.436 e. The van der Waals surface area contributed by atoms with Crippen molar-refractivity contribution >= 4 is 11.9 Å². The number of rotatable bonds is 0. The van der Waals surface area contributed by atoms with Gasteiger partial charge in [-0.15, -0.1) is 0 Å². The van der Waals surface area contributed by atoms with Crippen LogP contribution in [0.2, 0.25) is 0 Å². The van der Waals surface area contributed by atoms with Gasteiger partial charge in [-0.3, -0.25) is 0 Å². The Morgan fingerprint density at radius 2 is 2.15 bits per heavy atom. The standard InChI is InChI=1S/C8H13N3O2/c1-11-4-2-8(3-5-11)6(9)10-7(12)13-8/h2-5H2,1H3,(H2,9,10,12). The molecule has 2 heterocycles. The molecule has 0 aliphatic carbocycles. The molecule has 2 rings (SSSR count). The Kier molecular flexibility index (Phi) is 1.76. The van der Waals surface area contributed by atoms with Gasteiger partial charge in [0.2, 0.25) is 0 Å². The highest BCUT2D eigenvalue weighted by Crippen LogP contribution is 2.30. The summed E-state index contributed by atoms with van der Waals surface area (Å²) in [5.74, 6) is 0.352. The van der Waals surface area contributed by atoms with Crippen molar-refractivity contribution in [1.82, 2.24) is 4.90 Å². The van der Waals surface area contributed by atoms with E-state index in [-0.39, 0.29) is 0 Å². The predicted molar refractivity (Wildman–Crippen MR) is 47.6 cm³/mol. The van der Waals surface area contributed by atoms with Crippen molar-refractivity contribution in [1.29, 1.82) is 0 Å². The van der Waals surface area contributed by atoms with Crippen LogP contribution in [0.3, 0.4) is 0 Å².